The molecule has 2 N–H and O–H groups in total. The van der Waals surface area contributed by atoms with Crippen molar-refractivity contribution in [1.82, 2.24) is 19.4 Å². The molecule has 1 aliphatic rings. The summed E-state index contributed by atoms with van der Waals surface area (Å²) in [4.78, 5) is 22.7. The van der Waals surface area contributed by atoms with Crippen molar-refractivity contribution in [2.45, 2.75) is 26.3 Å². The van der Waals surface area contributed by atoms with E-state index in [4.69, 9.17) is 5.73 Å². The molecule has 6 heteroatoms. The second-order valence-corrected chi connectivity index (χ2v) is 4.94. The van der Waals surface area contributed by atoms with E-state index < -0.39 is 0 Å². The third-order valence-electron chi connectivity index (χ3n) is 3.62. The summed E-state index contributed by atoms with van der Waals surface area (Å²) >= 11 is 0. The van der Waals surface area contributed by atoms with Gasteiger partial charge in [0, 0.05) is 19.3 Å². The van der Waals surface area contributed by atoms with Gasteiger partial charge in [-0.1, -0.05) is 0 Å². The predicted molar refractivity (Wildman–Crippen MR) is 72.5 cm³/mol. The molecule has 3 heterocycles. The van der Waals surface area contributed by atoms with Gasteiger partial charge in [0.1, 0.15) is 12.1 Å². The van der Waals surface area contributed by atoms with Crippen LogP contribution in [0.3, 0.4) is 0 Å². The molecule has 6 nitrogen and oxygen atoms in total. The zero-order valence-corrected chi connectivity index (χ0v) is 11.0. The van der Waals surface area contributed by atoms with Crippen LogP contribution in [0.4, 0.5) is 5.95 Å². The average molecular weight is 259 g/mol. The number of likely N-dealkylation sites (tertiary alicyclic amines) is 1. The molecule has 0 aromatic carbocycles. The van der Waals surface area contributed by atoms with E-state index in [1.54, 1.807) is 10.8 Å². The number of carbonyl (C=O) groups is 1. The van der Waals surface area contributed by atoms with Crippen molar-refractivity contribution in [2.24, 2.45) is 0 Å². The number of anilines is 1. The van der Waals surface area contributed by atoms with Crippen LogP contribution in [-0.2, 0) is 11.3 Å². The Morgan fingerprint density at radius 3 is 2.89 bits per heavy atom. The highest BCUT2D eigenvalue weighted by atomic mass is 16.2. The first-order valence-electron chi connectivity index (χ1n) is 6.52. The molecule has 3 rings (SSSR count). The normalized spacial score (nSPS) is 15.3. The zero-order valence-electron chi connectivity index (χ0n) is 11.0. The molecule has 1 amide bonds. The number of amides is 1. The quantitative estimate of drug-likeness (QED) is 0.871. The third kappa shape index (κ3) is 2.03. The number of fused-ring (bicyclic) bond motifs is 1. The molecule has 19 heavy (non-hydrogen) atoms. The van der Waals surface area contributed by atoms with Crippen molar-refractivity contribution >= 4 is 23.0 Å². The Morgan fingerprint density at radius 1 is 1.42 bits per heavy atom. The summed E-state index contributed by atoms with van der Waals surface area (Å²) in [5.74, 6) is 0.441. The number of pyridine rings is 1. The van der Waals surface area contributed by atoms with Gasteiger partial charge in [-0.15, -0.1) is 0 Å². The first kappa shape index (κ1) is 12.0. The van der Waals surface area contributed by atoms with Crippen LogP contribution in [0, 0.1) is 6.92 Å². The van der Waals surface area contributed by atoms with Gasteiger partial charge >= 0.3 is 0 Å². The molecule has 0 spiro atoms. The van der Waals surface area contributed by atoms with Gasteiger partial charge in [0.15, 0.2) is 5.65 Å². The summed E-state index contributed by atoms with van der Waals surface area (Å²) in [6, 6.07) is 1.89. The van der Waals surface area contributed by atoms with Crippen LogP contribution in [-0.4, -0.2) is 38.4 Å². The second kappa shape index (κ2) is 4.53. The molecular weight excluding hydrogens is 242 g/mol. The van der Waals surface area contributed by atoms with Gasteiger partial charge in [0.05, 0.1) is 0 Å². The highest BCUT2D eigenvalue weighted by Crippen LogP contribution is 2.19. The van der Waals surface area contributed by atoms with E-state index >= 15 is 0 Å². The van der Waals surface area contributed by atoms with Crippen molar-refractivity contribution in [1.29, 1.82) is 0 Å². The average Bonchev–Trinajstić information content (AvgIpc) is 3.00. The summed E-state index contributed by atoms with van der Waals surface area (Å²) in [6.07, 6.45) is 3.89. The Morgan fingerprint density at radius 2 is 2.16 bits per heavy atom. The van der Waals surface area contributed by atoms with Crippen molar-refractivity contribution in [3.63, 3.8) is 0 Å². The van der Waals surface area contributed by atoms with Crippen molar-refractivity contribution in [3.05, 3.63) is 17.8 Å². The van der Waals surface area contributed by atoms with E-state index in [2.05, 4.69) is 9.97 Å². The molecule has 1 aliphatic heterocycles. The number of nitrogen functional groups attached to an aromatic ring is 1. The summed E-state index contributed by atoms with van der Waals surface area (Å²) in [5, 5.41) is 0. The Balaban J connectivity index is 1.94. The lowest BCUT2D eigenvalue weighted by Crippen LogP contribution is -2.31. The lowest BCUT2D eigenvalue weighted by molar-refractivity contribution is -0.130. The molecule has 0 bridgehead atoms. The summed E-state index contributed by atoms with van der Waals surface area (Å²) in [5.41, 5.74) is 8.39. The zero-order chi connectivity index (χ0) is 13.4. The monoisotopic (exact) mass is 259 g/mol. The van der Waals surface area contributed by atoms with E-state index in [0.29, 0.717) is 11.6 Å². The number of rotatable bonds is 2. The lowest BCUT2D eigenvalue weighted by Gasteiger charge is -2.15. The minimum Gasteiger partial charge on any atom is -0.369 e. The van der Waals surface area contributed by atoms with Crippen molar-refractivity contribution < 1.29 is 4.79 Å². The Hall–Kier alpha value is -2.11. The van der Waals surface area contributed by atoms with Gasteiger partial charge in [-0.25, -0.2) is 9.97 Å². The minimum atomic E-state index is 0.0896. The number of carbonyl (C=O) groups excluding carboxylic acids is 1. The van der Waals surface area contributed by atoms with Crippen LogP contribution >= 0.6 is 0 Å². The van der Waals surface area contributed by atoms with Gasteiger partial charge < -0.3 is 10.6 Å². The first-order valence-corrected chi connectivity index (χ1v) is 6.52. The molecule has 2 aromatic rings. The van der Waals surface area contributed by atoms with Crippen LogP contribution in [0.1, 0.15) is 18.4 Å². The largest absolute Gasteiger partial charge is 0.369 e. The first-order chi connectivity index (χ1) is 9.16. The SMILES string of the molecule is Cc1ccnc2c1nc(N)n2CC(=O)N1CCCC1. The number of nitrogens with zero attached hydrogens (tertiary/aromatic N) is 4. The number of aryl methyl sites for hydroxylation is 1. The topological polar surface area (TPSA) is 77.0 Å². The Kier molecular flexibility index (Phi) is 2.85. The van der Waals surface area contributed by atoms with E-state index in [1.165, 1.54) is 0 Å². The van der Waals surface area contributed by atoms with Crippen LogP contribution in [0.15, 0.2) is 12.3 Å². The smallest absolute Gasteiger partial charge is 0.242 e. The number of nitrogens with two attached hydrogens (primary N) is 1. The molecule has 1 fully saturated rings. The van der Waals surface area contributed by atoms with Gasteiger partial charge in [-0.2, -0.15) is 0 Å². The maximum absolute atomic E-state index is 12.2. The maximum Gasteiger partial charge on any atom is 0.242 e. The van der Waals surface area contributed by atoms with Gasteiger partial charge in [0.2, 0.25) is 11.9 Å². The molecule has 0 unspecified atom stereocenters. The van der Waals surface area contributed by atoms with Gasteiger partial charge in [-0.05, 0) is 31.4 Å². The fraction of sp³-hybridized carbons (Fsp3) is 0.462. The van der Waals surface area contributed by atoms with Crippen molar-refractivity contribution in [2.75, 3.05) is 18.8 Å². The van der Waals surface area contributed by atoms with Crippen LogP contribution in [0.25, 0.3) is 11.2 Å². The second-order valence-electron chi connectivity index (χ2n) is 4.94. The van der Waals surface area contributed by atoms with E-state index in [-0.39, 0.29) is 12.5 Å². The van der Waals surface area contributed by atoms with E-state index in [1.807, 2.05) is 17.9 Å². The summed E-state index contributed by atoms with van der Waals surface area (Å²) in [6.45, 7) is 3.87. The number of imidazole rings is 1. The number of hydrogen-bond acceptors (Lipinski definition) is 4. The fourth-order valence-corrected chi connectivity index (χ4v) is 2.51. The molecule has 0 atom stereocenters. The number of hydrogen-bond donors (Lipinski definition) is 1. The fourth-order valence-electron chi connectivity index (χ4n) is 2.51. The molecule has 0 saturated carbocycles. The van der Waals surface area contributed by atoms with Crippen molar-refractivity contribution in [3.8, 4) is 0 Å². The molecular formula is C13H17N5O. The summed E-state index contributed by atoms with van der Waals surface area (Å²) < 4.78 is 1.70. The van der Waals surface area contributed by atoms with E-state index in [0.717, 1.165) is 37.0 Å². The Bertz CT molecular complexity index is 627. The summed E-state index contributed by atoms with van der Waals surface area (Å²) in [7, 11) is 0. The molecule has 0 radical (unpaired) electrons. The minimum absolute atomic E-state index is 0.0896. The third-order valence-corrected chi connectivity index (χ3v) is 3.62. The van der Waals surface area contributed by atoms with Crippen LogP contribution < -0.4 is 5.73 Å². The molecule has 1 saturated heterocycles. The molecule has 0 aliphatic carbocycles. The predicted octanol–water partition coefficient (Wildman–Crippen LogP) is 0.944. The standard InChI is InChI=1S/C13H17N5O/c1-9-4-5-15-12-11(9)16-13(14)18(12)8-10(19)17-6-2-3-7-17/h4-5H,2-3,6-8H2,1H3,(H2,14,16). The number of aromatic nitrogens is 3. The highest BCUT2D eigenvalue weighted by molar-refractivity contribution is 5.82. The van der Waals surface area contributed by atoms with E-state index in [9.17, 15) is 4.79 Å². The lowest BCUT2D eigenvalue weighted by atomic mass is 10.3. The van der Waals surface area contributed by atoms with Crippen LogP contribution in [0.2, 0.25) is 0 Å². The molecule has 100 valence electrons. The van der Waals surface area contributed by atoms with Gasteiger partial charge in [-0.3, -0.25) is 9.36 Å². The highest BCUT2D eigenvalue weighted by Gasteiger charge is 2.20. The maximum atomic E-state index is 12.2. The van der Waals surface area contributed by atoms with Crippen LogP contribution in [0.5, 0.6) is 0 Å². The molecule has 2 aromatic heterocycles. The Labute approximate surface area is 111 Å². The van der Waals surface area contributed by atoms with Gasteiger partial charge in [0.25, 0.3) is 0 Å².